The van der Waals surface area contributed by atoms with E-state index in [4.69, 9.17) is 5.73 Å². The summed E-state index contributed by atoms with van der Waals surface area (Å²) in [6.07, 6.45) is 5.91. The molecule has 1 atom stereocenters. The third-order valence-electron chi connectivity index (χ3n) is 6.19. The Kier molecular flexibility index (Phi) is 3.96. The summed E-state index contributed by atoms with van der Waals surface area (Å²) < 4.78 is 0. The number of carbonyl (C=O) groups is 2. The van der Waals surface area contributed by atoms with Gasteiger partial charge in [-0.25, -0.2) is 4.79 Å². The third kappa shape index (κ3) is 2.53. The van der Waals surface area contributed by atoms with Gasteiger partial charge < -0.3 is 16.2 Å². The van der Waals surface area contributed by atoms with Gasteiger partial charge in [0.1, 0.15) is 11.6 Å². The molecule has 0 unspecified atom stereocenters. The highest BCUT2D eigenvalue weighted by Gasteiger charge is 2.59. The molecule has 1 amide bonds. The molecule has 124 valence electrons. The van der Waals surface area contributed by atoms with E-state index in [-0.39, 0.29) is 23.7 Å². The molecule has 0 heterocycles. The zero-order valence-electron chi connectivity index (χ0n) is 13.5. The highest BCUT2D eigenvalue weighted by molar-refractivity contribution is 5.91. The van der Waals surface area contributed by atoms with Crippen molar-refractivity contribution in [2.24, 2.45) is 35.3 Å². The second kappa shape index (κ2) is 5.52. The number of amides is 1. The lowest BCUT2D eigenvalue weighted by molar-refractivity contribution is -0.149. The van der Waals surface area contributed by atoms with Gasteiger partial charge in [0.2, 0.25) is 5.91 Å². The lowest BCUT2D eigenvalue weighted by Crippen LogP contribution is -2.70. The molecule has 0 aromatic rings. The normalized spacial score (nSPS) is 40.7. The summed E-state index contributed by atoms with van der Waals surface area (Å²) in [6.45, 7) is 3.92. The van der Waals surface area contributed by atoms with Gasteiger partial charge in [-0.3, -0.25) is 4.79 Å². The summed E-state index contributed by atoms with van der Waals surface area (Å²) in [5.41, 5.74) is 5.76. The van der Waals surface area contributed by atoms with Crippen LogP contribution in [0.2, 0.25) is 0 Å². The van der Waals surface area contributed by atoms with E-state index in [1.54, 1.807) is 0 Å². The fraction of sp³-hybridized carbons (Fsp3) is 0.882. The monoisotopic (exact) mass is 308 g/mol. The van der Waals surface area contributed by atoms with Crippen LogP contribution < -0.4 is 11.1 Å². The smallest absolute Gasteiger partial charge is 0.326 e. The zero-order chi connectivity index (χ0) is 16.1. The van der Waals surface area contributed by atoms with Crippen molar-refractivity contribution in [1.82, 2.24) is 5.32 Å². The van der Waals surface area contributed by atoms with Crippen molar-refractivity contribution >= 4 is 11.9 Å². The highest BCUT2D eigenvalue weighted by Crippen LogP contribution is 2.57. The predicted octanol–water partition coefficient (Wildman–Crippen LogP) is 1.76. The first-order chi connectivity index (χ1) is 10.3. The zero-order valence-corrected chi connectivity index (χ0v) is 13.5. The average Bonchev–Trinajstić information content (AvgIpc) is 2.42. The molecule has 4 saturated carbocycles. The van der Waals surface area contributed by atoms with Crippen molar-refractivity contribution in [2.45, 2.75) is 64.0 Å². The molecule has 0 aromatic carbocycles. The number of carbonyl (C=O) groups excluding carboxylic acids is 1. The molecule has 0 spiro atoms. The summed E-state index contributed by atoms with van der Waals surface area (Å²) >= 11 is 0. The standard InChI is InChI=1S/C17H28N2O3/c1-9(2)3-14(15(20)21)19-16(22)17(18)12-5-10-4-11(7-12)8-13(17)6-10/h9-14H,3-8,18H2,1-2H3,(H,19,22)(H,20,21)/t10?,11?,12?,13?,14-,17?/m0/s1. The molecule has 5 nitrogen and oxygen atoms in total. The van der Waals surface area contributed by atoms with E-state index < -0.39 is 17.6 Å². The van der Waals surface area contributed by atoms with Crippen molar-refractivity contribution < 1.29 is 14.7 Å². The van der Waals surface area contributed by atoms with Crippen LogP contribution >= 0.6 is 0 Å². The molecule has 22 heavy (non-hydrogen) atoms. The number of aliphatic carboxylic acids is 1. The van der Waals surface area contributed by atoms with E-state index in [2.05, 4.69) is 5.32 Å². The number of hydrogen-bond donors (Lipinski definition) is 3. The first kappa shape index (κ1) is 15.8. The van der Waals surface area contributed by atoms with Gasteiger partial charge in [0.25, 0.3) is 0 Å². The molecule has 5 heteroatoms. The van der Waals surface area contributed by atoms with E-state index in [0.717, 1.165) is 37.5 Å². The summed E-state index contributed by atoms with van der Waals surface area (Å²) in [7, 11) is 0. The van der Waals surface area contributed by atoms with Crippen LogP contribution in [0, 0.1) is 29.6 Å². The number of carboxylic acid groups (broad SMARTS) is 1. The first-order valence-electron chi connectivity index (χ1n) is 8.63. The maximum Gasteiger partial charge on any atom is 0.326 e. The summed E-state index contributed by atoms with van der Waals surface area (Å²) in [5.74, 6) is 0.961. The Balaban J connectivity index is 1.74. The average molecular weight is 308 g/mol. The molecule has 0 aliphatic heterocycles. The molecule has 4 bridgehead atoms. The Morgan fingerprint density at radius 2 is 1.64 bits per heavy atom. The van der Waals surface area contributed by atoms with Crippen molar-refractivity contribution in [3.05, 3.63) is 0 Å². The minimum absolute atomic E-state index is 0.216. The topological polar surface area (TPSA) is 92.4 Å². The fourth-order valence-electron chi connectivity index (χ4n) is 5.31. The van der Waals surface area contributed by atoms with Crippen LogP contribution in [-0.4, -0.2) is 28.6 Å². The van der Waals surface area contributed by atoms with Crippen LogP contribution in [0.15, 0.2) is 0 Å². The molecule has 4 rings (SSSR count). The maximum absolute atomic E-state index is 12.9. The van der Waals surface area contributed by atoms with Crippen LogP contribution in [0.25, 0.3) is 0 Å². The van der Waals surface area contributed by atoms with Crippen LogP contribution in [0.1, 0.15) is 52.4 Å². The van der Waals surface area contributed by atoms with Crippen molar-refractivity contribution in [3.63, 3.8) is 0 Å². The second-order valence-electron chi connectivity index (χ2n) is 8.23. The third-order valence-corrected chi connectivity index (χ3v) is 6.19. The van der Waals surface area contributed by atoms with Crippen molar-refractivity contribution in [1.29, 1.82) is 0 Å². The molecule has 4 aliphatic carbocycles. The van der Waals surface area contributed by atoms with Crippen LogP contribution in [0.4, 0.5) is 0 Å². The van der Waals surface area contributed by atoms with Crippen molar-refractivity contribution in [3.8, 4) is 0 Å². The van der Waals surface area contributed by atoms with Gasteiger partial charge in [-0.2, -0.15) is 0 Å². The largest absolute Gasteiger partial charge is 0.480 e. The quantitative estimate of drug-likeness (QED) is 0.721. The van der Waals surface area contributed by atoms with Gasteiger partial charge >= 0.3 is 5.97 Å². The molecular weight excluding hydrogens is 280 g/mol. The molecular formula is C17H28N2O3. The highest BCUT2D eigenvalue weighted by atomic mass is 16.4. The van der Waals surface area contributed by atoms with Gasteiger partial charge in [-0.05, 0) is 68.1 Å². The number of nitrogens with one attached hydrogen (secondary N) is 1. The Labute approximate surface area is 132 Å². The Hall–Kier alpha value is -1.10. The van der Waals surface area contributed by atoms with E-state index in [1.807, 2.05) is 13.8 Å². The van der Waals surface area contributed by atoms with Crippen molar-refractivity contribution in [2.75, 3.05) is 0 Å². The molecule has 4 fully saturated rings. The molecule has 0 aromatic heterocycles. The lowest BCUT2D eigenvalue weighted by Gasteiger charge is -2.58. The van der Waals surface area contributed by atoms with Crippen LogP contribution in [-0.2, 0) is 9.59 Å². The summed E-state index contributed by atoms with van der Waals surface area (Å²) in [4.78, 5) is 24.3. The maximum atomic E-state index is 12.9. The molecule has 4 N–H and O–H groups in total. The van der Waals surface area contributed by atoms with Gasteiger partial charge in [0.05, 0.1) is 0 Å². The summed E-state index contributed by atoms with van der Waals surface area (Å²) in [5, 5.41) is 12.1. The van der Waals surface area contributed by atoms with Gasteiger partial charge in [-0.1, -0.05) is 13.8 Å². The first-order valence-corrected chi connectivity index (χ1v) is 8.63. The predicted molar refractivity (Wildman–Crippen MR) is 83.0 cm³/mol. The van der Waals surface area contributed by atoms with E-state index in [9.17, 15) is 14.7 Å². The van der Waals surface area contributed by atoms with Gasteiger partial charge in [-0.15, -0.1) is 0 Å². The summed E-state index contributed by atoms with van der Waals surface area (Å²) in [6, 6.07) is -0.829. The Morgan fingerprint density at radius 1 is 1.14 bits per heavy atom. The number of carboxylic acids is 1. The van der Waals surface area contributed by atoms with E-state index >= 15 is 0 Å². The molecule has 0 saturated heterocycles. The second-order valence-corrected chi connectivity index (χ2v) is 8.23. The lowest BCUT2D eigenvalue weighted by atomic mass is 9.48. The Morgan fingerprint density at radius 3 is 2.05 bits per heavy atom. The van der Waals surface area contributed by atoms with Gasteiger partial charge in [0.15, 0.2) is 0 Å². The number of nitrogens with two attached hydrogens (primary N) is 1. The minimum atomic E-state index is -0.963. The van der Waals surface area contributed by atoms with Crippen LogP contribution in [0.5, 0.6) is 0 Å². The molecule has 0 radical (unpaired) electrons. The fourth-order valence-corrected chi connectivity index (χ4v) is 5.31. The molecule has 4 aliphatic rings. The number of hydrogen-bond acceptors (Lipinski definition) is 3. The van der Waals surface area contributed by atoms with E-state index in [1.165, 1.54) is 6.42 Å². The minimum Gasteiger partial charge on any atom is -0.480 e. The van der Waals surface area contributed by atoms with Crippen LogP contribution in [0.3, 0.4) is 0 Å². The number of rotatable bonds is 5. The van der Waals surface area contributed by atoms with Gasteiger partial charge in [0, 0.05) is 0 Å². The van der Waals surface area contributed by atoms with E-state index in [0.29, 0.717) is 6.42 Å². The SMILES string of the molecule is CC(C)C[C@H](NC(=O)C1(N)C2CC3CC(C2)CC1C3)C(=O)O. The Bertz CT molecular complexity index is 447.